The molecule has 2 nitrogen and oxygen atoms in total. The largest absolute Gasteiger partial charge is 0.305 e. The van der Waals surface area contributed by atoms with Crippen LogP contribution in [0.5, 0.6) is 0 Å². The van der Waals surface area contributed by atoms with Gasteiger partial charge in [-0.05, 0) is 57.5 Å². The lowest BCUT2D eigenvalue weighted by Gasteiger charge is -2.39. The average Bonchev–Trinajstić information content (AvgIpc) is 2.71. The molecule has 1 heterocycles. The summed E-state index contributed by atoms with van der Waals surface area (Å²) in [5.74, 6) is 1.08. The van der Waals surface area contributed by atoms with Crippen molar-refractivity contribution in [3.8, 4) is 0 Å². The summed E-state index contributed by atoms with van der Waals surface area (Å²) in [6.07, 6.45) is 9.83. The second kappa shape index (κ2) is 7.33. The Hall–Kier alpha value is 0.270. The Balaban J connectivity index is 1.99. The van der Waals surface area contributed by atoms with E-state index in [9.17, 15) is 0 Å². The van der Waals surface area contributed by atoms with Crippen molar-refractivity contribution in [3.63, 3.8) is 0 Å². The Morgan fingerprint density at radius 2 is 1.74 bits per heavy atom. The van der Waals surface area contributed by atoms with Crippen molar-refractivity contribution in [2.75, 3.05) is 39.0 Å². The van der Waals surface area contributed by atoms with Crippen LogP contribution in [0, 0.1) is 5.41 Å². The van der Waals surface area contributed by atoms with Crippen molar-refractivity contribution >= 4 is 12.6 Å². The quantitative estimate of drug-likeness (QED) is 0.627. The summed E-state index contributed by atoms with van der Waals surface area (Å²) < 4.78 is 0. The maximum atomic E-state index is 4.73. The van der Waals surface area contributed by atoms with E-state index in [4.69, 9.17) is 12.6 Å². The predicted molar refractivity (Wildman–Crippen MR) is 87.1 cm³/mol. The second-order valence-electron chi connectivity index (χ2n) is 7.01. The Morgan fingerprint density at radius 3 is 2.37 bits per heavy atom. The van der Waals surface area contributed by atoms with E-state index in [1.807, 2.05) is 0 Å². The first-order valence-corrected chi connectivity index (χ1v) is 8.82. The second-order valence-corrected chi connectivity index (χ2v) is 7.32. The first kappa shape index (κ1) is 15.7. The van der Waals surface area contributed by atoms with Gasteiger partial charge >= 0.3 is 0 Å². The van der Waals surface area contributed by atoms with E-state index in [2.05, 4.69) is 23.8 Å². The van der Waals surface area contributed by atoms with Gasteiger partial charge in [-0.15, -0.1) is 0 Å². The molecule has 0 amide bonds. The summed E-state index contributed by atoms with van der Waals surface area (Å²) in [6.45, 7) is 7.45. The lowest BCUT2D eigenvalue weighted by atomic mass is 9.81. The zero-order valence-electron chi connectivity index (χ0n) is 12.9. The standard InChI is InChI=1S/C16H32N2S/c1-15-12-17(2)10-7-11-18(15)13-16(14-19)8-5-3-4-6-9-16/h15,19H,3-14H2,1-2H3. The third-order valence-electron chi connectivity index (χ3n) is 5.22. The highest BCUT2D eigenvalue weighted by Gasteiger charge is 2.33. The zero-order chi connectivity index (χ0) is 13.7. The molecule has 3 heteroatoms. The van der Waals surface area contributed by atoms with Gasteiger partial charge < -0.3 is 4.90 Å². The minimum absolute atomic E-state index is 0.497. The van der Waals surface area contributed by atoms with Gasteiger partial charge in [-0.1, -0.05) is 25.7 Å². The number of hydrogen-bond acceptors (Lipinski definition) is 3. The Labute approximate surface area is 125 Å². The number of nitrogens with zero attached hydrogens (tertiary/aromatic N) is 2. The molecular weight excluding hydrogens is 252 g/mol. The molecule has 112 valence electrons. The van der Waals surface area contributed by atoms with Gasteiger partial charge in [0.1, 0.15) is 0 Å². The lowest BCUT2D eigenvalue weighted by molar-refractivity contribution is 0.117. The van der Waals surface area contributed by atoms with Gasteiger partial charge in [-0.3, -0.25) is 4.90 Å². The van der Waals surface area contributed by atoms with Gasteiger partial charge in [-0.25, -0.2) is 0 Å². The predicted octanol–water partition coefficient (Wildman–Crippen LogP) is 3.28. The van der Waals surface area contributed by atoms with Crippen molar-refractivity contribution in [2.45, 2.75) is 57.9 Å². The van der Waals surface area contributed by atoms with Crippen LogP contribution < -0.4 is 0 Å². The van der Waals surface area contributed by atoms with E-state index in [1.54, 1.807) is 0 Å². The molecule has 1 unspecified atom stereocenters. The summed E-state index contributed by atoms with van der Waals surface area (Å²) >= 11 is 4.73. The van der Waals surface area contributed by atoms with Crippen LogP contribution in [0.3, 0.4) is 0 Å². The fourth-order valence-electron chi connectivity index (χ4n) is 3.93. The number of rotatable bonds is 3. The maximum Gasteiger partial charge on any atom is 0.0195 e. The van der Waals surface area contributed by atoms with Gasteiger partial charge in [0.2, 0.25) is 0 Å². The molecule has 1 saturated heterocycles. The third kappa shape index (κ3) is 4.37. The molecule has 2 fully saturated rings. The van der Waals surface area contributed by atoms with Gasteiger partial charge in [0.15, 0.2) is 0 Å². The maximum absolute atomic E-state index is 4.73. The number of likely N-dealkylation sites (N-methyl/N-ethyl adjacent to an activating group) is 1. The molecule has 0 spiro atoms. The van der Waals surface area contributed by atoms with Crippen molar-refractivity contribution in [1.29, 1.82) is 0 Å². The molecule has 19 heavy (non-hydrogen) atoms. The lowest BCUT2D eigenvalue weighted by Crippen LogP contribution is -2.45. The number of hydrogen-bond donors (Lipinski definition) is 1. The molecule has 0 radical (unpaired) electrons. The van der Waals surface area contributed by atoms with Crippen LogP contribution in [-0.2, 0) is 0 Å². The molecule has 0 aromatic rings. The van der Waals surface area contributed by atoms with Gasteiger partial charge in [0, 0.05) is 19.1 Å². The monoisotopic (exact) mass is 284 g/mol. The molecule has 0 N–H and O–H groups in total. The third-order valence-corrected chi connectivity index (χ3v) is 5.89. The average molecular weight is 285 g/mol. The number of thiol groups is 1. The smallest absolute Gasteiger partial charge is 0.0195 e. The zero-order valence-corrected chi connectivity index (χ0v) is 13.8. The molecule has 0 aromatic carbocycles. The van der Waals surface area contributed by atoms with Crippen molar-refractivity contribution in [3.05, 3.63) is 0 Å². The molecule has 2 aliphatic rings. The van der Waals surface area contributed by atoms with Crippen LogP contribution in [0.2, 0.25) is 0 Å². The first-order valence-electron chi connectivity index (χ1n) is 8.19. The fourth-order valence-corrected chi connectivity index (χ4v) is 4.35. The van der Waals surface area contributed by atoms with Crippen LogP contribution in [-0.4, -0.2) is 54.8 Å². The Morgan fingerprint density at radius 1 is 1.05 bits per heavy atom. The highest BCUT2D eigenvalue weighted by Crippen LogP contribution is 2.37. The summed E-state index contributed by atoms with van der Waals surface area (Å²) in [7, 11) is 2.26. The normalized spacial score (nSPS) is 30.8. The van der Waals surface area contributed by atoms with E-state index in [0.29, 0.717) is 11.5 Å². The van der Waals surface area contributed by atoms with Crippen LogP contribution in [0.15, 0.2) is 0 Å². The van der Waals surface area contributed by atoms with Crippen molar-refractivity contribution in [1.82, 2.24) is 9.80 Å². The first-order chi connectivity index (χ1) is 9.15. The molecule has 2 rings (SSSR count). The van der Waals surface area contributed by atoms with E-state index in [1.165, 1.54) is 71.1 Å². The molecule has 1 aliphatic carbocycles. The highest BCUT2D eigenvalue weighted by molar-refractivity contribution is 7.80. The Bertz CT molecular complexity index is 261. The summed E-state index contributed by atoms with van der Waals surface area (Å²) in [6, 6.07) is 0.701. The molecule has 0 aromatic heterocycles. The van der Waals surface area contributed by atoms with E-state index in [0.717, 1.165) is 5.75 Å². The van der Waals surface area contributed by atoms with Gasteiger partial charge in [0.05, 0.1) is 0 Å². The van der Waals surface area contributed by atoms with Crippen molar-refractivity contribution in [2.24, 2.45) is 5.41 Å². The van der Waals surface area contributed by atoms with Gasteiger partial charge in [-0.2, -0.15) is 12.6 Å². The molecule has 1 aliphatic heterocycles. The SMILES string of the molecule is CC1CN(C)CCCN1CC1(CS)CCCCCC1. The van der Waals surface area contributed by atoms with E-state index < -0.39 is 0 Å². The highest BCUT2D eigenvalue weighted by atomic mass is 32.1. The molecule has 1 saturated carbocycles. The van der Waals surface area contributed by atoms with Gasteiger partial charge in [0.25, 0.3) is 0 Å². The topological polar surface area (TPSA) is 6.48 Å². The minimum Gasteiger partial charge on any atom is -0.305 e. The van der Waals surface area contributed by atoms with Crippen LogP contribution in [0.1, 0.15) is 51.9 Å². The molecular formula is C16H32N2S. The van der Waals surface area contributed by atoms with Crippen molar-refractivity contribution < 1.29 is 0 Å². The Kier molecular flexibility index (Phi) is 6.04. The van der Waals surface area contributed by atoms with Crippen LogP contribution in [0.25, 0.3) is 0 Å². The molecule has 0 bridgehead atoms. The van der Waals surface area contributed by atoms with Crippen LogP contribution >= 0.6 is 12.6 Å². The van der Waals surface area contributed by atoms with E-state index in [-0.39, 0.29) is 0 Å². The summed E-state index contributed by atoms with van der Waals surface area (Å²) in [4.78, 5) is 5.25. The fraction of sp³-hybridized carbons (Fsp3) is 1.00. The van der Waals surface area contributed by atoms with E-state index >= 15 is 0 Å². The minimum atomic E-state index is 0.497. The summed E-state index contributed by atoms with van der Waals surface area (Å²) in [5, 5.41) is 0. The molecule has 1 atom stereocenters. The van der Waals surface area contributed by atoms with Crippen LogP contribution in [0.4, 0.5) is 0 Å². The summed E-state index contributed by atoms with van der Waals surface area (Å²) in [5.41, 5.74) is 0.497.